The van der Waals surface area contributed by atoms with Crippen LogP contribution < -0.4 is 9.47 Å². The molecule has 2 rings (SSSR count). The summed E-state index contributed by atoms with van der Waals surface area (Å²) in [6.45, 7) is 1.55. The number of aliphatic hydroxyl groups is 1. The molecule has 1 heterocycles. The molecule has 0 aliphatic heterocycles. The molecule has 0 aliphatic rings. The molecule has 0 fully saturated rings. The minimum atomic E-state index is -0.777. The molecule has 0 saturated heterocycles. The van der Waals surface area contributed by atoms with Gasteiger partial charge in [0.2, 0.25) is 0 Å². The first-order valence-electron chi connectivity index (χ1n) is 5.79. The van der Waals surface area contributed by atoms with Crippen molar-refractivity contribution in [1.82, 2.24) is 0 Å². The highest BCUT2D eigenvalue weighted by molar-refractivity contribution is 7.14. The number of hydrogen-bond donors (Lipinski definition) is 1. The maximum atomic E-state index is 11.0. The molecule has 20 heavy (non-hydrogen) atoms. The molecule has 0 saturated carbocycles. The predicted molar refractivity (Wildman–Crippen MR) is 74.7 cm³/mol. The topological polar surface area (TPSA) is 81.8 Å². The second-order valence-electron chi connectivity index (χ2n) is 4.04. The molecule has 0 amide bonds. The van der Waals surface area contributed by atoms with Gasteiger partial charge in [-0.1, -0.05) is 17.4 Å². The highest BCUT2D eigenvalue weighted by atomic mass is 32.1. The van der Waals surface area contributed by atoms with E-state index in [2.05, 4.69) is 0 Å². The summed E-state index contributed by atoms with van der Waals surface area (Å²) >= 11 is 1.05. The van der Waals surface area contributed by atoms with E-state index in [1.165, 1.54) is 13.2 Å². The van der Waals surface area contributed by atoms with Crippen LogP contribution in [0.15, 0.2) is 30.3 Å². The Hall–Kier alpha value is -2.12. The van der Waals surface area contributed by atoms with Crippen LogP contribution in [0.25, 0.3) is 0 Å². The molecule has 1 N–H and O–H groups in total. The fourth-order valence-corrected chi connectivity index (χ4v) is 2.49. The van der Waals surface area contributed by atoms with Crippen molar-refractivity contribution in [3.63, 3.8) is 0 Å². The third-order valence-corrected chi connectivity index (χ3v) is 3.73. The molecule has 106 valence electrons. The van der Waals surface area contributed by atoms with Crippen LogP contribution in [0.5, 0.6) is 16.6 Å². The van der Waals surface area contributed by atoms with Crippen molar-refractivity contribution in [2.24, 2.45) is 0 Å². The Kier molecular flexibility index (Phi) is 4.21. The Bertz CT molecular complexity index is 623. The van der Waals surface area contributed by atoms with Gasteiger partial charge in [-0.3, -0.25) is 10.1 Å². The summed E-state index contributed by atoms with van der Waals surface area (Å²) in [5.74, 6) is 1.03. The Morgan fingerprint density at radius 1 is 1.35 bits per heavy atom. The Morgan fingerprint density at radius 2 is 2.05 bits per heavy atom. The van der Waals surface area contributed by atoms with Crippen LogP contribution >= 0.6 is 11.3 Å². The van der Waals surface area contributed by atoms with Crippen molar-refractivity contribution in [3.05, 3.63) is 45.3 Å². The van der Waals surface area contributed by atoms with Gasteiger partial charge in [0.15, 0.2) is 0 Å². The molecule has 0 bridgehead atoms. The minimum absolute atomic E-state index is 0.138. The molecule has 1 atom stereocenters. The Labute approximate surface area is 119 Å². The van der Waals surface area contributed by atoms with Crippen molar-refractivity contribution in [2.45, 2.75) is 13.0 Å². The van der Waals surface area contributed by atoms with Gasteiger partial charge in [0.25, 0.3) is 5.06 Å². The second kappa shape index (κ2) is 5.89. The monoisotopic (exact) mass is 295 g/mol. The molecule has 1 aromatic heterocycles. The van der Waals surface area contributed by atoms with Crippen LogP contribution in [0.3, 0.4) is 0 Å². The first kappa shape index (κ1) is 14.3. The standard InChI is InChI=1S/C13H13NO5S/c1-8(15)12-7-11(14(16)17)13(20-12)19-10-5-3-4-9(6-10)18-2/h3-8,15H,1-2H3/t8-/m1/s1. The molecule has 0 spiro atoms. The number of methoxy groups -OCH3 is 1. The molecule has 7 heteroatoms. The number of aliphatic hydroxyl groups excluding tert-OH is 1. The molecule has 6 nitrogen and oxygen atoms in total. The largest absolute Gasteiger partial charge is 0.497 e. The summed E-state index contributed by atoms with van der Waals surface area (Å²) in [5.41, 5.74) is -0.159. The number of nitro groups is 1. The number of nitrogens with zero attached hydrogens (tertiary/aromatic N) is 1. The van der Waals surface area contributed by atoms with E-state index in [1.807, 2.05) is 0 Å². The molecule has 0 aliphatic carbocycles. The maximum Gasteiger partial charge on any atom is 0.323 e. The van der Waals surface area contributed by atoms with Crippen molar-refractivity contribution in [2.75, 3.05) is 7.11 Å². The number of thiophene rings is 1. The van der Waals surface area contributed by atoms with Crippen LogP contribution in [0.4, 0.5) is 5.69 Å². The van der Waals surface area contributed by atoms with Crippen molar-refractivity contribution in [1.29, 1.82) is 0 Å². The van der Waals surface area contributed by atoms with E-state index in [4.69, 9.17) is 9.47 Å². The number of rotatable bonds is 5. The van der Waals surface area contributed by atoms with E-state index in [0.29, 0.717) is 16.4 Å². The van der Waals surface area contributed by atoms with E-state index < -0.39 is 11.0 Å². The summed E-state index contributed by atoms with van der Waals surface area (Å²) in [4.78, 5) is 10.9. The van der Waals surface area contributed by atoms with Crippen LogP contribution in [-0.2, 0) is 0 Å². The van der Waals surface area contributed by atoms with E-state index >= 15 is 0 Å². The van der Waals surface area contributed by atoms with Crippen LogP contribution in [0.2, 0.25) is 0 Å². The first-order valence-corrected chi connectivity index (χ1v) is 6.61. The fraction of sp³-hybridized carbons (Fsp3) is 0.231. The maximum absolute atomic E-state index is 11.0. The molecule has 0 radical (unpaired) electrons. The van der Waals surface area contributed by atoms with Crippen LogP contribution in [0, 0.1) is 10.1 Å². The lowest BCUT2D eigenvalue weighted by Crippen LogP contribution is -1.90. The van der Waals surface area contributed by atoms with Crippen molar-refractivity contribution < 1.29 is 19.5 Å². The van der Waals surface area contributed by atoms with Crippen molar-refractivity contribution in [3.8, 4) is 16.6 Å². The normalized spacial score (nSPS) is 11.9. The molecular formula is C13H13NO5S. The lowest BCUT2D eigenvalue weighted by atomic mass is 10.3. The van der Waals surface area contributed by atoms with Gasteiger partial charge in [-0.15, -0.1) is 0 Å². The quantitative estimate of drug-likeness (QED) is 0.674. The van der Waals surface area contributed by atoms with E-state index in [9.17, 15) is 15.2 Å². The summed E-state index contributed by atoms with van der Waals surface area (Å²) in [6.07, 6.45) is -0.777. The zero-order valence-corrected chi connectivity index (χ0v) is 11.7. The third kappa shape index (κ3) is 3.06. The van der Waals surface area contributed by atoms with Crippen LogP contribution in [0.1, 0.15) is 17.9 Å². The lowest BCUT2D eigenvalue weighted by molar-refractivity contribution is -0.385. The van der Waals surface area contributed by atoms with Crippen LogP contribution in [-0.4, -0.2) is 17.1 Å². The lowest BCUT2D eigenvalue weighted by Gasteiger charge is -2.05. The van der Waals surface area contributed by atoms with Gasteiger partial charge in [0.05, 0.1) is 18.1 Å². The third-order valence-electron chi connectivity index (χ3n) is 2.56. The Morgan fingerprint density at radius 3 is 2.65 bits per heavy atom. The van der Waals surface area contributed by atoms with Gasteiger partial charge in [-0.05, 0) is 19.1 Å². The zero-order chi connectivity index (χ0) is 14.7. The van der Waals surface area contributed by atoms with E-state index in [0.717, 1.165) is 11.3 Å². The SMILES string of the molecule is COc1cccc(Oc2sc([C@@H](C)O)cc2[N+](=O)[O-])c1. The van der Waals surface area contributed by atoms with Gasteiger partial charge in [-0.25, -0.2) is 0 Å². The van der Waals surface area contributed by atoms with E-state index in [-0.39, 0.29) is 10.8 Å². The smallest absolute Gasteiger partial charge is 0.323 e. The number of benzene rings is 1. The molecule has 1 aromatic carbocycles. The van der Waals surface area contributed by atoms with E-state index in [1.54, 1.807) is 31.2 Å². The second-order valence-corrected chi connectivity index (χ2v) is 5.08. The minimum Gasteiger partial charge on any atom is -0.497 e. The van der Waals surface area contributed by atoms with Gasteiger partial charge in [0, 0.05) is 17.0 Å². The summed E-state index contributed by atoms with van der Waals surface area (Å²) < 4.78 is 10.6. The predicted octanol–water partition coefficient (Wildman–Crippen LogP) is 3.51. The fourth-order valence-electron chi connectivity index (χ4n) is 1.56. The van der Waals surface area contributed by atoms with Gasteiger partial charge >= 0.3 is 5.69 Å². The van der Waals surface area contributed by atoms with Gasteiger partial charge in [-0.2, -0.15) is 0 Å². The van der Waals surface area contributed by atoms with Gasteiger partial charge in [0.1, 0.15) is 11.5 Å². The Balaban J connectivity index is 2.34. The highest BCUT2D eigenvalue weighted by Crippen LogP contribution is 2.42. The average molecular weight is 295 g/mol. The number of hydrogen-bond acceptors (Lipinski definition) is 6. The molecular weight excluding hydrogens is 282 g/mol. The van der Waals surface area contributed by atoms with Gasteiger partial charge < -0.3 is 14.6 Å². The summed E-state index contributed by atoms with van der Waals surface area (Å²) in [5, 5.41) is 20.6. The molecule has 2 aromatic rings. The summed E-state index contributed by atoms with van der Waals surface area (Å²) in [7, 11) is 1.53. The molecule has 0 unspecified atom stereocenters. The number of ether oxygens (including phenoxy) is 2. The average Bonchev–Trinajstić information content (AvgIpc) is 2.83. The van der Waals surface area contributed by atoms with Crippen molar-refractivity contribution >= 4 is 17.0 Å². The highest BCUT2D eigenvalue weighted by Gasteiger charge is 2.23. The first-order chi connectivity index (χ1) is 9.51. The zero-order valence-electron chi connectivity index (χ0n) is 10.9. The summed E-state index contributed by atoms with van der Waals surface area (Å²) in [6, 6.07) is 8.10.